The van der Waals surface area contributed by atoms with Crippen molar-refractivity contribution in [1.29, 1.82) is 0 Å². The molecule has 0 aliphatic rings. The number of aromatic nitrogens is 2. The molecule has 0 saturated heterocycles. The van der Waals surface area contributed by atoms with Crippen LogP contribution in [0.2, 0.25) is 0 Å². The molecule has 1 aromatic heterocycles. The number of hydrogen-bond acceptors (Lipinski definition) is 3. The number of aliphatic hydroxyl groups is 1. The van der Waals surface area contributed by atoms with E-state index >= 15 is 0 Å². The molecule has 1 rings (SSSR count). The molecule has 5 heteroatoms. The van der Waals surface area contributed by atoms with E-state index in [0.29, 0.717) is 5.69 Å². The highest BCUT2D eigenvalue weighted by atomic mass is 16.3. The second-order valence-electron chi connectivity index (χ2n) is 3.85. The summed E-state index contributed by atoms with van der Waals surface area (Å²) >= 11 is 0. The zero-order chi connectivity index (χ0) is 11.4. The maximum absolute atomic E-state index is 11.7. The first-order chi connectivity index (χ1) is 7.06. The van der Waals surface area contributed by atoms with Gasteiger partial charge in [0.2, 0.25) is 0 Å². The number of carbonyl (C=O) groups excluding carboxylic acids is 1. The summed E-state index contributed by atoms with van der Waals surface area (Å²) in [6, 6.07) is 1.43. The fourth-order valence-corrected chi connectivity index (χ4v) is 1.26. The van der Waals surface area contributed by atoms with Crippen LogP contribution in [0.4, 0.5) is 0 Å². The zero-order valence-electron chi connectivity index (χ0n) is 9.27. The SMILES string of the molecule is CC(C)C(CO)NC(=O)c1ccnn1C. The predicted octanol–water partition coefficient (Wildman–Crippen LogP) is 0.167. The Hall–Kier alpha value is -1.36. The Morgan fingerprint density at radius 2 is 2.33 bits per heavy atom. The molecule has 1 heterocycles. The third-order valence-electron chi connectivity index (χ3n) is 2.37. The quantitative estimate of drug-likeness (QED) is 0.746. The fourth-order valence-electron chi connectivity index (χ4n) is 1.26. The highest BCUT2D eigenvalue weighted by molar-refractivity contribution is 5.92. The monoisotopic (exact) mass is 211 g/mol. The van der Waals surface area contributed by atoms with Gasteiger partial charge in [-0.15, -0.1) is 0 Å². The molecule has 84 valence electrons. The lowest BCUT2D eigenvalue weighted by Crippen LogP contribution is -2.41. The Morgan fingerprint density at radius 3 is 2.73 bits per heavy atom. The van der Waals surface area contributed by atoms with Crippen molar-refractivity contribution in [2.24, 2.45) is 13.0 Å². The molecule has 15 heavy (non-hydrogen) atoms. The van der Waals surface area contributed by atoms with E-state index < -0.39 is 0 Å². The molecular weight excluding hydrogens is 194 g/mol. The van der Waals surface area contributed by atoms with Crippen LogP contribution in [0.25, 0.3) is 0 Å². The lowest BCUT2D eigenvalue weighted by Gasteiger charge is -2.19. The van der Waals surface area contributed by atoms with Crippen LogP contribution in [-0.2, 0) is 7.05 Å². The predicted molar refractivity (Wildman–Crippen MR) is 56.4 cm³/mol. The van der Waals surface area contributed by atoms with Gasteiger partial charge in [-0.05, 0) is 12.0 Å². The van der Waals surface area contributed by atoms with Crippen molar-refractivity contribution in [3.05, 3.63) is 18.0 Å². The van der Waals surface area contributed by atoms with Crippen LogP contribution in [-0.4, -0.2) is 33.4 Å². The maximum atomic E-state index is 11.7. The van der Waals surface area contributed by atoms with E-state index in [1.165, 1.54) is 4.68 Å². The zero-order valence-corrected chi connectivity index (χ0v) is 9.27. The molecule has 2 N–H and O–H groups in total. The van der Waals surface area contributed by atoms with Crippen LogP contribution >= 0.6 is 0 Å². The van der Waals surface area contributed by atoms with E-state index in [0.717, 1.165) is 0 Å². The number of carbonyl (C=O) groups is 1. The van der Waals surface area contributed by atoms with E-state index in [2.05, 4.69) is 10.4 Å². The summed E-state index contributed by atoms with van der Waals surface area (Å²) in [4.78, 5) is 11.7. The average molecular weight is 211 g/mol. The third-order valence-corrected chi connectivity index (χ3v) is 2.37. The summed E-state index contributed by atoms with van der Waals surface area (Å²) in [5, 5.41) is 15.7. The standard InChI is InChI=1S/C10H17N3O2/c1-7(2)8(6-14)12-10(15)9-4-5-11-13(9)3/h4-5,7-8,14H,6H2,1-3H3,(H,12,15). The molecule has 0 saturated carbocycles. The molecule has 0 aromatic carbocycles. The van der Waals surface area contributed by atoms with Crippen LogP contribution in [0.15, 0.2) is 12.3 Å². The Balaban J connectivity index is 2.67. The largest absolute Gasteiger partial charge is 0.394 e. The lowest BCUT2D eigenvalue weighted by molar-refractivity contribution is 0.0887. The fraction of sp³-hybridized carbons (Fsp3) is 0.600. The van der Waals surface area contributed by atoms with E-state index in [9.17, 15) is 4.79 Å². The van der Waals surface area contributed by atoms with Crippen LogP contribution in [0.5, 0.6) is 0 Å². The molecular formula is C10H17N3O2. The van der Waals surface area contributed by atoms with Crippen LogP contribution in [0, 0.1) is 5.92 Å². The van der Waals surface area contributed by atoms with Crippen molar-refractivity contribution in [2.75, 3.05) is 6.61 Å². The van der Waals surface area contributed by atoms with Crippen LogP contribution < -0.4 is 5.32 Å². The van der Waals surface area contributed by atoms with Crippen molar-refractivity contribution in [3.63, 3.8) is 0 Å². The Morgan fingerprint density at radius 1 is 1.67 bits per heavy atom. The number of nitrogens with one attached hydrogen (secondary N) is 1. The molecule has 1 unspecified atom stereocenters. The van der Waals surface area contributed by atoms with Gasteiger partial charge < -0.3 is 10.4 Å². The molecule has 1 aromatic rings. The number of aliphatic hydroxyl groups excluding tert-OH is 1. The van der Waals surface area contributed by atoms with Crippen molar-refractivity contribution in [2.45, 2.75) is 19.9 Å². The Labute approximate surface area is 89.1 Å². The molecule has 1 atom stereocenters. The maximum Gasteiger partial charge on any atom is 0.269 e. The first-order valence-corrected chi connectivity index (χ1v) is 4.96. The second kappa shape index (κ2) is 4.93. The smallest absolute Gasteiger partial charge is 0.269 e. The molecule has 0 aliphatic heterocycles. The van der Waals surface area contributed by atoms with Gasteiger partial charge in [0.05, 0.1) is 12.6 Å². The van der Waals surface area contributed by atoms with Gasteiger partial charge in [-0.3, -0.25) is 9.48 Å². The van der Waals surface area contributed by atoms with Gasteiger partial charge in [-0.1, -0.05) is 13.8 Å². The minimum atomic E-state index is -0.215. The van der Waals surface area contributed by atoms with Gasteiger partial charge in [0.25, 0.3) is 5.91 Å². The summed E-state index contributed by atoms with van der Waals surface area (Å²) in [7, 11) is 1.71. The van der Waals surface area contributed by atoms with Crippen LogP contribution in [0.3, 0.4) is 0 Å². The molecule has 5 nitrogen and oxygen atoms in total. The highest BCUT2D eigenvalue weighted by Crippen LogP contribution is 2.03. The minimum Gasteiger partial charge on any atom is -0.394 e. The van der Waals surface area contributed by atoms with E-state index in [1.807, 2.05) is 13.8 Å². The number of hydrogen-bond donors (Lipinski definition) is 2. The molecule has 0 spiro atoms. The number of nitrogens with zero attached hydrogens (tertiary/aromatic N) is 2. The highest BCUT2D eigenvalue weighted by Gasteiger charge is 2.17. The Kier molecular flexibility index (Phi) is 3.85. The summed E-state index contributed by atoms with van der Waals surface area (Å²) in [6.07, 6.45) is 1.57. The third kappa shape index (κ3) is 2.79. The van der Waals surface area contributed by atoms with Gasteiger partial charge in [-0.25, -0.2) is 0 Å². The van der Waals surface area contributed by atoms with E-state index in [-0.39, 0.29) is 24.5 Å². The van der Waals surface area contributed by atoms with E-state index in [1.54, 1.807) is 19.3 Å². The lowest BCUT2D eigenvalue weighted by atomic mass is 10.1. The van der Waals surface area contributed by atoms with E-state index in [4.69, 9.17) is 5.11 Å². The van der Waals surface area contributed by atoms with Crippen molar-refractivity contribution in [3.8, 4) is 0 Å². The summed E-state index contributed by atoms with van der Waals surface area (Å²) in [5.74, 6) is -0.00470. The molecule has 0 fully saturated rings. The number of amides is 1. The van der Waals surface area contributed by atoms with Gasteiger partial charge in [0, 0.05) is 13.2 Å². The summed E-state index contributed by atoms with van der Waals surface area (Å²) in [6.45, 7) is 3.84. The number of rotatable bonds is 4. The minimum absolute atomic E-state index is 0.0543. The first-order valence-electron chi connectivity index (χ1n) is 4.96. The van der Waals surface area contributed by atoms with Crippen molar-refractivity contribution < 1.29 is 9.90 Å². The molecule has 0 aliphatic carbocycles. The van der Waals surface area contributed by atoms with Gasteiger partial charge in [0.1, 0.15) is 5.69 Å². The topological polar surface area (TPSA) is 67.2 Å². The normalized spacial score (nSPS) is 12.9. The number of aryl methyl sites for hydroxylation is 1. The summed E-state index contributed by atoms with van der Waals surface area (Å²) < 4.78 is 1.50. The van der Waals surface area contributed by atoms with Crippen LogP contribution in [0.1, 0.15) is 24.3 Å². The molecule has 0 bridgehead atoms. The second-order valence-corrected chi connectivity index (χ2v) is 3.85. The summed E-state index contributed by atoms with van der Waals surface area (Å²) in [5.41, 5.74) is 0.495. The van der Waals surface area contributed by atoms with Crippen molar-refractivity contribution >= 4 is 5.91 Å². The van der Waals surface area contributed by atoms with Gasteiger partial charge >= 0.3 is 0 Å². The first kappa shape index (κ1) is 11.7. The molecule has 1 amide bonds. The Bertz CT molecular complexity index is 333. The average Bonchev–Trinajstić information content (AvgIpc) is 2.60. The van der Waals surface area contributed by atoms with Gasteiger partial charge in [0.15, 0.2) is 0 Å². The van der Waals surface area contributed by atoms with Crippen molar-refractivity contribution in [1.82, 2.24) is 15.1 Å². The molecule has 0 radical (unpaired) electrons. The van der Waals surface area contributed by atoms with Gasteiger partial charge in [-0.2, -0.15) is 5.10 Å².